The van der Waals surface area contributed by atoms with Crippen molar-refractivity contribution >= 4 is 11.6 Å². The lowest BCUT2D eigenvalue weighted by Gasteiger charge is -2.10. The van der Waals surface area contributed by atoms with Gasteiger partial charge in [-0.3, -0.25) is 0 Å². The van der Waals surface area contributed by atoms with Gasteiger partial charge in [-0.05, 0) is 24.3 Å². The van der Waals surface area contributed by atoms with Crippen LogP contribution in [0.25, 0.3) is 11.3 Å². The molecule has 3 rings (SSSR count). The summed E-state index contributed by atoms with van der Waals surface area (Å²) >= 11 is 6.10. The maximum absolute atomic E-state index is 13.8. The fourth-order valence-corrected chi connectivity index (χ4v) is 2.73. The van der Waals surface area contributed by atoms with Crippen LogP contribution in [0.15, 0.2) is 48.8 Å². The Morgan fingerprint density at radius 3 is 2.61 bits per heavy atom. The fourth-order valence-electron chi connectivity index (χ4n) is 2.47. The van der Waals surface area contributed by atoms with E-state index in [2.05, 4.69) is 4.98 Å². The minimum absolute atomic E-state index is 0.206. The first-order valence-electron chi connectivity index (χ1n) is 7.03. The van der Waals surface area contributed by atoms with Crippen LogP contribution < -0.4 is 5.73 Å². The molecule has 0 atom stereocenters. The molecule has 0 aliphatic rings. The van der Waals surface area contributed by atoms with Gasteiger partial charge >= 0.3 is 0 Å². The average molecular weight is 334 g/mol. The minimum Gasteiger partial charge on any atom is -0.328 e. The van der Waals surface area contributed by atoms with Crippen molar-refractivity contribution in [2.24, 2.45) is 5.73 Å². The van der Waals surface area contributed by atoms with E-state index >= 15 is 0 Å². The van der Waals surface area contributed by atoms with Crippen molar-refractivity contribution in [2.75, 3.05) is 0 Å². The first-order valence-corrected chi connectivity index (χ1v) is 7.41. The van der Waals surface area contributed by atoms with E-state index in [0.29, 0.717) is 29.1 Å². The number of nitrogens with zero attached hydrogens (tertiary/aromatic N) is 2. The first kappa shape index (κ1) is 15.6. The molecule has 0 bridgehead atoms. The second-order valence-electron chi connectivity index (χ2n) is 5.09. The molecular weight excluding hydrogens is 320 g/mol. The van der Waals surface area contributed by atoms with Gasteiger partial charge in [0.15, 0.2) is 0 Å². The summed E-state index contributed by atoms with van der Waals surface area (Å²) in [6.07, 6.45) is 1.59. The lowest BCUT2D eigenvalue weighted by Crippen LogP contribution is -2.09. The second-order valence-corrected chi connectivity index (χ2v) is 5.49. The van der Waals surface area contributed by atoms with Crippen molar-refractivity contribution in [3.05, 3.63) is 76.7 Å². The highest BCUT2D eigenvalue weighted by molar-refractivity contribution is 6.33. The summed E-state index contributed by atoms with van der Waals surface area (Å²) in [6, 6.07) is 10.6. The van der Waals surface area contributed by atoms with Gasteiger partial charge < -0.3 is 10.3 Å². The van der Waals surface area contributed by atoms with Gasteiger partial charge in [0, 0.05) is 17.7 Å². The molecule has 23 heavy (non-hydrogen) atoms. The summed E-state index contributed by atoms with van der Waals surface area (Å²) in [5, 5.41) is 0.260. The highest BCUT2D eigenvalue weighted by atomic mass is 35.5. The summed E-state index contributed by atoms with van der Waals surface area (Å²) in [6.45, 7) is 0.516. The van der Waals surface area contributed by atoms with E-state index in [1.807, 2.05) is 0 Å². The first-order chi connectivity index (χ1) is 11.1. The van der Waals surface area contributed by atoms with Gasteiger partial charge in [-0.2, -0.15) is 0 Å². The zero-order valence-corrected chi connectivity index (χ0v) is 12.9. The van der Waals surface area contributed by atoms with Crippen LogP contribution in [0.4, 0.5) is 8.78 Å². The number of halogens is 3. The molecule has 3 nitrogen and oxygen atoms in total. The maximum atomic E-state index is 13.8. The monoisotopic (exact) mass is 333 g/mol. The molecule has 2 N–H and O–H groups in total. The van der Waals surface area contributed by atoms with Gasteiger partial charge in [0.2, 0.25) is 0 Å². The maximum Gasteiger partial charge on any atom is 0.128 e. The van der Waals surface area contributed by atoms with Gasteiger partial charge in [-0.1, -0.05) is 29.8 Å². The molecule has 6 heteroatoms. The molecule has 0 fully saturated rings. The van der Waals surface area contributed by atoms with E-state index in [1.54, 1.807) is 35.2 Å². The van der Waals surface area contributed by atoms with Crippen LogP contribution in [0.1, 0.15) is 11.3 Å². The van der Waals surface area contributed by atoms with Crippen molar-refractivity contribution in [1.29, 1.82) is 0 Å². The zero-order valence-electron chi connectivity index (χ0n) is 12.1. The molecule has 0 aliphatic carbocycles. The summed E-state index contributed by atoms with van der Waals surface area (Å²) in [5.41, 5.74) is 8.26. The third-order valence-corrected chi connectivity index (χ3v) is 3.94. The number of rotatable bonds is 4. The molecule has 0 unspecified atom stereocenters. The van der Waals surface area contributed by atoms with Crippen LogP contribution in [0.5, 0.6) is 0 Å². The molecule has 0 saturated heterocycles. The molecule has 0 radical (unpaired) electrons. The van der Waals surface area contributed by atoms with Crippen LogP contribution in [-0.2, 0) is 13.1 Å². The number of hydrogen-bond acceptors (Lipinski definition) is 2. The normalized spacial score (nSPS) is 11.0. The SMILES string of the molecule is NCc1c(-c2ccc(F)cc2Cl)ncn1Cc1ccccc1F. The summed E-state index contributed by atoms with van der Waals surface area (Å²) in [4.78, 5) is 4.33. The van der Waals surface area contributed by atoms with Crippen LogP contribution in [0.3, 0.4) is 0 Å². The predicted molar refractivity (Wildman–Crippen MR) is 86.0 cm³/mol. The van der Waals surface area contributed by atoms with E-state index in [0.717, 1.165) is 0 Å². The largest absolute Gasteiger partial charge is 0.328 e. The van der Waals surface area contributed by atoms with Gasteiger partial charge in [-0.25, -0.2) is 13.8 Å². The van der Waals surface area contributed by atoms with Crippen LogP contribution in [0, 0.1) is 11.6 Å². The number of nitrogens with two attached hydrogens (primary N) is 1. The molecule has 3 aromatic rings. The Kier molecular flexibility index (Phi) is 4.41. The molecule has 0 amide bonds. The molecule has 118 valence electrons. The topological polar surface area (TPSA) is 43.8 Å². The van der Waals surface area contributed by atoms with Crippen molar-refractivity contribution in [2.45, 2.75) is 13.1 Å². The second kappa shape index (κ2) is 6.48. The molecule has 0 spiro atoms. The third-order valence-electron chi connectivity index (χ3n) is 3.62. The lowest BCUT2D eigenvalue weighted by molar-refractivity contribution is 0.595. The van der Waals surface area contributed by atoms with Crippen molar-refractivity contribution in [3.63, 3.8) is 0 Å². The molecule has 0 saturated carbocycles. The van der Waals surface area contributed by atoms with Gasteiger partial charge in [0.05, 0.1) is 29.3 Å². The Labute approximate surface area is 137 Å². The molecule has 1 heterocycles. The van der Waals surface area contributed by atoms with Crippen LogP contribution in [-0.4, -0.2) is 9.55 Å². The van der Waals surface area contributed by atoms with E-state index < -0.39 is 5.82 Å². The summed E-state index contributed by atoms with van der Waals surface area (Å²) < 4.78 is 28.8. The van der Waals surface area contributed by atoms with E-state index in [9.17, 15) is 8.78 Å². The van der Waals surface area contributed by atoms with Gasteiger partial charge in [-0.15, -0.1) is 0 Å². The molecule has 0 aliphatic heterocycles. The Hall–Kier alpha value is -2.24. The number of benzene rings is 2. The van der Waals surface area contributed by atoms with Gasteiger partial charge in [0.25, 0.3) is 0 Å². The molecular formula is C17H14ClF2N3. The van der Waals surface area contributed by atoms with E-state index in [1.165, 1.54) is 18.2 Å². The van der Waals surface area contributed by atoms with Crippen LogP contribution in [0.2, 0.25) is 5.02 Å². The highest BCUT2D eigenvalue weighted by Gasteiger charge is 2.15. The van der Waals surface area contributed by atoms with Crippen LogP contribution >= 0.6 is 11.6 Å². The quantitative estimate of drug-likeness (QED) is 0.784. The lowest BCUT2D eigenvalue weighted by atomic mass is 10.1. The number of hydrogen-bond donors (Lipinski definition) is 1. The van der Waals surface area contributed by atoms with E-state index in [4.69, 9.17) is 17.3 Å². The van der Waals surface area contributed by atoms with Crippen molar-refractivity contribution in [1.82, 2.24) is 9.55 Å². The number of aromatic nitrogens is 2. The fraction of sp³-hybridized carbons (Fsp3) is 0.118. The predicted octanol–water partition coefficient (Wildman–Crippen LogP) is 3.99. The Bertz CT molecular complexity index is 846. The van der Waals surface area contributed by atoms with E-state index in [-0.39, 0.29) is 17.4 Å². The Balaban J connectivity index is 2.02. The highest BCUT2D eigenvalue weighted by Crippen LogP contribution is 2.30. The standard InChI is InChI=1S/C17H14ClF2N3/c18-14-7-12(19)5-6-13(14)17-16(8-21)23(10-22-17)9-11-3-1-2-4-15(11)20/h1-7,10H,8-9,21H2. The molecule has 1 aromatic heterocycles. The average Bonchev–Trinajstić information content (AvgIpc) is 2.92. The smallest absolute Gasteiger partial charge is 0.128 e. The summed E-state index contributed by atoms with van der Waals surface area (Å²) in [5.74, 6) is -0.704. The van der Waals surface area contributed by atoms with Crippen molar-refractivity contribution < 1.29 is 8.78 Å². The minimum atomic E-state index is -0.418. The van der Waals surface area contributed by atoms with Gasteiger partial charge in [0.1, 0.15) is 11.6 Å². The third kappa shape index (κ3) is 3.11. The zero-order chi connectivity index (χ0) is 16.4. The van der Waals surface area contributed by atoms with Crippen molar-refractivity contribution in [3.8, 4) is 11.3 Å². The summed E-state index contributed by atoms with van der Waals surface area (Å²) in [7, 11) is 0. The Morgan fingerprint density at radius 2 is 1.91 bits per heavy atom. The molecule has 2 aromatic carbocycles. The Morgan fingerprint density at radius 1 is 1.13 bits per heavy atom. The number of imidazole rings is 1.